The summed E-state index contributed by atoms with van der Waals surface area (Å²) in [4.78, 5) is 39.3. The molecule has 0 fully saturated rings. The third-order valence-corrected chi connectivity index (χ3v) is 3.18. The molecule has 0 aliphatic heterocycles. The molecule has 0 unspecified atom stereocenters. The van der Waals surface area contributed by atoms with Gasteiger partial charge in [-0.3, -0.25) is 9.36 Å². The first-order chi connectivity index (χ1) is 9.52. The van der Waals surface area contributed by atoms with Gasteiger partial charge in [-0.25, -0.2) is 19.0 Å². The van der Waals surface area contributed by atoms with Crippen molar-refractivity contribution >= 4 is 22.5 Å². The van der Waals surface area contributed by atoms with Gasteiger partial charge in [0.1, 0.15) is 5.56 Å². The van der Waals surface area contributed by atoms with Gasteiger partial charge in [0.25, 0.3) is 5.56 Å². The van der Waals surface area contributed by atoms with Crippen molar-refractivity contribution in [1.29, 1.82) is 0 Å². The summed E-state index contributed by atoms with van der Waals surface area (Å²) in [6.07, 6.45) is 0.978. The van der Waals surface area contributed by atoms with Crippen LogP contribution in [0.25, 0.3) is 16.6 Å². The first-order valence-electron chi connectivity index (χ1n) is 5.75. The minimum absolute atomic E-state index is 0.152. The summed E-state index contributed by atoms with van der Waals surface area (Å²) >= 11 is 0. The van der Waals surface area contributed by atoms with Crippen LogP contribution in [0.15, 0.2) is 40.1 Å². The molecule has 7 heteroatoms. The molecule has 0 bridgehead atoms. The zero-order valence-electron chi connectivity index (χ0n) is 10.4. The molecule has 0 atom stereocenters. The number of carbonyl (C=O) groups is 1. The van der Waals surface area contributed by atoms with Gasteiger partial charge in [-0.05, 0) is 12.1 Å². The molecule has 2 aromatic heterocycles. The summed E-state index contributed by atoms with van der Waals surface area (Å²) in [6, 6.07) is 6.97. The number of aromatic carboxylic acids is 1. The maximum absolute atomic E-state index is 12.2. The Balaban J connectivity index is 2.69. The van der Waals surface area contributed by atoms with Gasteiger partial charge in [-0.1, -0.05) is 12.1 Å². The molecule has 0 radical (unpaired) electrons. The van der Waals surface area contributed by atoms with Crippen LogP contribution in [0, 0.1) is 0 Å². The number of hydrogen-bond donors (Lipinski definition) is 1. The maximum Gasteiger partial charge on any atom is 0.342 e. The Hall–Kier alpha value is -2.96. The molecule has 100 valence electrons. The third kappa shape index (κ3) is 1.46. The molecule has 0 amide bonds. The zero-order valence-corrected chi connectivity index (χ0v) is 10.4. The Labute approximate surface area is 111 Å². The molecule has 1 aromatic carbocycles. The number of carboxylic acid groups (broad SMARTS) is 1. The van der Waals surface area contributed by atoms with Crippen molar-refractivity contribution in [2.24, 2.45) is 7.05 Å². The van der Waals surface area contributed by atoms with Crippen LogP contribution in [-0.4, -0.2) is 25.0 Å². The normalized spacial score (nSPS) is 11.1. The van der Waals surface area contributed by atoms with E-state index in [-0.39, 0.29) is 5.65 Å². The predicted molar refractivity (Wildman–Crippen MR) is 71.2 cm³/mol. The number of aromatic nitrogens is 3. The van der Waals surface area contributed by atoms with Crippen LogP contribution in [0.3, 0.4) is 0 Å². The fourth-order valence-corrected chi connectivity index (χ4v) is 2.18. The molecule has 7 nitrogen and oxygen atoms in total. The van der Waals surface area contributed by atoms with Crippen LogP contribution < -0.4 is 11.2 Å². The molecule has 0 aliphatic carbocycles. The Bertz CT molecular complexity index is 984. The molecule has 20 heavy (non-hydrogen) atoms. The largest absolute Gasteiger partial charge is 0.477 e. The van der Waals surface area contributed by atoms with Gasteiger partial charge in [0.15, 0.2) is 5.65 Å². The van der Waals surface area contributed by atoms with E-state index in [1.165, 1.54) is 11.6 Å². The minimum Gasteiger partial charge on any atom is -0.477 e. The van der Waals surface area contributed by atoms with Gasteiger partial charge in [0.05, 0.1) is 5.52 Å². The second-order valence-electron chi connectivity index (χ2n) is 4.30. The summed E-state index contributed by atoms with van der Waals surface area (Å²) in [5, 5.41) is 9.54. The lowest BCUT2D eigenvalue weighted by Gasteiger charge is -2.09. The smallest absolute Gasteiger partial charge is 0.342 e. The van der Waals surface area contributed by atoms with Crippen molar-refractivity contribution in [3.8, 4) is 0 Å². The highest BCUT2D eigenvalue weighted by molar-refractivity contribution is 5.92. The number of rotatable bonds is 1. The van der Waals surface area contributed by atoms with Crippen LogP contribution in [0.2, 0.25) is 0 Å². The molecular weight excluding hydrogens is 262 g/mol. The topological polar surface area (TPSA) is 93.7 Å². The lowest BCUT2D eigenvalue weighted by Crippen LogP contribution is -2.36. The predicted octanol–water partition coefficient (Wildman–Crippen LogP) is 0.245. The van der Waals surface area contributed by atoms with E-state index in [1.807, 2.05) is 0 Å². The monoisotopic (exact) mass is 271 g/mol. The van der Waals surface area contributed by atoms with Gasteiger partial charge in [0, 0.05) is 18.6 Å². The summed E-state index contributed by atoms with van der Waals surface area (Å²) in [6.45, 7) is 0. The highest BCUT2D eigenvalue weighted by Gasteiger charge is 2.16. The Morgan fingerprint density at radius 2 is 1.95 bits per heavy atom. The number of hydrogen-bond acceptors (Lipinski definition) is 4. The van der Waals surface area contributed by atoms with Crippen molar-refractivity contribution in [1.82, 2.24) is 14.0 Å². The quantitative estimate of drug-likeness (QED) is 0.640. The average molecular weight is 271 g/mol. The number of aryl methyl sites for hydroxylation is 1. The lowest BCUT2D eigenvalue weighted by molar-refractivity contribution is 0.0694. The van der Waals surface area contributed by atoms with Crippen molar-refractivity contribution in [2.75, 3.05) is 0 Å². The summed E-state index contributed by atoms with van der Waals surface area (Å²) in [5.74, 6) is -1.41. The molecule has 3 aromatic rings. The molecule has 0 aliphatic rings. The van der Waals surface area contributed by atoms with E-state index in [2.05, 4.69) is 4.98 Å². The minimum atomic E-state index is -1.41. The van der Waals surface area contributed by atoms with Gasteiger partial charge in [0.2, 0.25) is 0 Å². The van der Waals surface area contributed by atoms with E-state index in [9.17, 15) is 14.4 Å². The van der Waals surface area contributed by atoms with Crippen LogP contribution in [0.4, 0.5) is 0 Å². The summed E-state index contributed by atoms with van der Waals surface area (Å²) in [5.41, 5.74) is -1.27. The van der Waals surface area contributed by atoms with Crippen LogP contribution >= 0.6 is 0 Å². The van der Waals surface area contributed by atoms with Crippen LogP contribution in [0.5, 0.6) is 0 Å². The molecular formula is C13H9N3O4. The van der Waals surface area contributed by atoms with E-state index in [1.54, 1.807) is 24.3 Å². The van der Waals surface area contributed by atoms with Gasteiger partial charge in [-0.15, -0.1) is 0 Å². The second kappa shape index (κ2) is 4.02. The van der Waals surface area contributed by atoms with Crippen molar-refractivity contribution in [3.63, 3.8) is 0 Å². The lowest BCUT2D eigenvalue weighted by atomic mass is 10.2. The summed E-state index contributed by atoms with van der Waals surface area (Å²) in [7, 11) is 1.52. The van der Waals surface area contributed by atoms with E-state index in [0.717, 1.165) is 10.6 Å². The molecule has 0 saturated carbocycles. The van der Waals surface area contributed by atoms with Gasteiger partial charge >= 0.3 is 11.7 Å². The molecule has 0 saturated heterocycles. The zero-order chi connectivity index (χ0) is 14.4. The molecule has 3 rings (SSSR count). The van der Waals surface area contributed by atoms with Crippen molar-refractivity contribution in [2.45, 2.75) is 0 Å². The van der Waals surface area contributed by atoms with Crippen LogP contribution in [0.1, 0.15) is 10.4 Å². The third-order valence-electron chi connectivity index (χ3n) is 3.18. The highest BCUT2D eigenvalue weighted by Crippen LogP contribution is 2.14. The average Bonchev–Trinajstić information content (AvgIpc) is 2.44. The maximum atomic E-state index is 12.2. The van der Waals surface area contributed by atoms with Crippen molar-refractivity contribution in [3.05, 3.63) is 56.9 Å². The van der Waals surface area contributed by atoms with E-state index in [0.29, 0.717) is 10.9 Å². The Kier molecular flexibility index (Phi) is 2.43. The first-order valence-corrected chi connectivity index (χ1v) is 5.75. The van der Waals surface area contributed by atoms with E-state index in [4.69, 9.17) is 5.11 Å². The number of fused-ring (bicyclic) bond motifs is 3. The Morgan fingerprint density at radius 1 is 1.25 bits per heavy atom. The number of benzene rings is 1. The highest BCUT2D eigenvalue weighted by atomic mass is 16.4. The summed E-state index contributed by atoms with van der Waals surface area (Å²) < 4.78 is 2.07. The fraction of sp³-hybridized carbons (Fsp3) is 0.0769. The first kappa shape index (κ1) is 12.1. The van der Waals surface area contributed by atoms with E-state index < -0.39 is 22.8 Å². The molecule has 1 N–H and O–H groups in total. The Morgan fingerprint density at radius 3 is 2.65 bits per heavy atom. The van der Waals surface area contributed by atoms with Gasteiger partial charge in [-0.2, -0.15) is 0 Å². The standard InChI is InChI=1S/C13H9N3O4/c1-15-9-5-3-2-4-7(9)10-14-6-8(12(18)19)11(17)16(10)13(15)20/h2-6H,1H3,(H,18,19). The molecule has 2 heterocycles. The SMILES string of the molecule is Cn1c(=O)n2c(=O)c(C(=O)O)cnc2c2ccccc21. The number of nitrogens with zero attached hydrogens (tertiary/aromatic N) is 3. The van der Waals surface area contributed by atoms with Crippen molar-refractivity contribution < 1.29 is 9.90 Å². The van der Waals surface area contributed by atoms with Crippen LogP contribution in [-0.2, 0) is 7.05 Å². The number of para-hydroxylation sites is 1. The van der Waals surface area contributed by atoms with Gasteiger partial charge < -0.3 is 5.11 Å². The second-order valence-corrected chi connectivity index (χ2v) is 4.30. The molecule has 0 spiro atoms. The fourth-order valence-electron chi connectivity index (χ4n) is 2.18. The van der Waals surface area contributed by atoms with E-state index >= 15 is 0 Å². The number of carboxylic acids is 1.